The fraction of sp³-hybridized carbons (Fsp3) is 0.542. The number of rotatable bonds is 8. The fourth-order valence-electron chi connectivity index (χ4n) is 3.89. The molecule has 1 fully saturated rings. The van der Waals surface area contributed by atoms with Crippen molar-refractivity contribution in [1.82, 2.24) is 24.8 Å². The fourth-order valence-corrected chi connectivity index (χ4v) is 4.84. The van der Waals surface area contributed by atoms with Crippen molar-refractivity contribution in [3.8, 4) is 11.3 Å². The van der Waals surface area contributed by atoms with Crippen LogP contribution in [0.2, 0.25) is 0 Å². The van der Waals surface area contributed by atoms with Crippen molar-refractivity contribution in [2.45, 2.75) is 46.1 Å². The molecule has 2 aromatic heterocycles. The maximum atomic E-state index is 12.1. The Morgan fingerprint density at radius 1 is 1.12 bits per heavy atom. The van der Waals surface area contributed by atoms with Crippen molar-refractivity contribution in [3.05, 3.63) is 30.3 Å². The third kappa shape index (κ3) is 5.83. The van der Waals surface area contributed by atoms with Crippen molar-refractivity contribution >= 4 is 33.2 Å². The molecule has 0 radical (unpaired) electrons. The Morgan fingerprint density at radius 3 is 2.52 bits per heavy atom. The van der Waals surface area contributed by atoms with E-state index >= 15 is 0 Å². The van der Waals surface area contributed by atoms with Crippen molar-refractivity contribution in [2.24, 2.45) is 0 Å². The summed E-state index contributed by atoms with van der Waals surface area (Å²) in [6.45, 7) is 13.2. The molecule has 1 amide bonds. The molecule has 2 N–H and O–H groups in total. The highest BCUT2D eigenvalue weighted by Crippen LogP contribution is 2.34. The van der Waals surface area contributed by atoms with Gasteiger partial charge in [-0.1, -0.05) is 55.0 Å². The molecule has 1 aliphatic rings. The number of aromatic nitrogens is 3. The molecule has 0 aliphatic carbocycles. The lowest BCUT2D eigenvalue weighted by molar-refractivity contribution is -0.122. The molecule has 3 aromatic rings. The molecule has 0 atom stereocenters. The summed E-state index contributed by atoms with van der Waals surface area (Å²) in [4.78, 5) is 22.5. The van der Waals surface area contributed by atoms with E-state index in [4.69, 9.17) is 10.1 Å². The summed E-state index contributed by atoms with van der Waals surface area (Å²) in [7, 11) is 0. The Hall–Kier alpha value is -2.65. The number of benzene rings is 1. The van der Waals surface area contributed by atoms with Crippen LogP contribution in [-0.4, -0.2) is 70.2 Å². The molecular weight excluding hydrogens is 434 g/mol. The lowest BCUT2D eigenvalue weighted by Crippen LogP contribution is -2.49. The third-order valence-corrected chi connectivity index (χ3v) is 6.57. The van der Waals surface area contributed by atoms with E-state index < -0.39 is 0 Å². The van der Waals surface area contributed by atoms with Crippen LogP contribution in [0.3, 0.4) is 0 Å². The summed E-state index contributed by atoms with van der Waals surface area (Å²) in [5.74, 6) is 1.05. The Labute approximate surface area is 200 Å². The normalized spacial score (nSPS) is 15.2. The molecule has 1 aliphatic heterocycles. The summed E-state index contributed by atoms with van der Waals surface area (Å²) in [6.07, 6.45) is 2.12. The Morgan fingerprint density at radius 2 is 1.85 bits per heavy atom. The van der Waals surface area contributed by atoms with E-state index in [0.717, 1.165) is 72.7 Å². The van der Waals surface area contributed by atoms with Gasteiger partial charge in [-0.3, -0.25) is 9.69 Å². The van der Waals surface area contributed by atoms with Crippen LogP contribution in [-0.2, 0) is 4.79 Å². The van der Waals surface area contributed by atoms with Gasteiger partial charge >= 0.3 is 0 Å². The SMILES string of the molecule is CCCCNC(=O)CN1CCN(c2nn3c(NC(C)(C)C)c(-c4ccccc4)nc3s2)CC1. The average molecular weight is 470 g/mol. The van der Waals surface area contributed by atoms with Gasteiger partial charge in [0.05, 0.1) is 6.54 Å². The van der Waals surface area contributed by atoms with Gasteiger partial charge in [-0.15, -0.1) is 5.10 Å². The highest BCUT2D eigenvalue weighted by atomic mass is 32.1. The molecule has 3 heterocycles. The second-order valence-corrected chi connectivity index (χ2v) is 10.5. The Kier molecular flexibility index (Phi) is 7.19. The number of hydrogen-bond acceptors (Lipinski definition) is 7. The quantitative estimate of drug-likeness (QED) is 0.490. The van der Waals surface area contributed by atoms with Crippen LogP contribution in [0.5, 0.6) is 0 Å². The Balaban J connectivity index is 1.47. The molecule has 8 nitrogen and oxygen atoms in total. The molecule has 0 saturated carbocycles. The van der Waals surface area contributed by atoms with Gasteiger partial charge in [-0.25, -0.2) is 4.98 Å². The number of fused-ring (bicyclic) bond motifs is 1. The summed E-state index contributed by atoms with van der Waals surface area (Å²) in [5.41, 5.74) is 1.89. The van der Waals surface area contributed by atoms with E-state index in [-0.39, 0.29) is 11.4 Å². The monoisotopic (exact) mass is 469 g/mol. The van der Waals surface area contributed by atoms with Gasteiger partial charge in [-0.2, -0.15) is 4.52 Å². The second kappa shape index (κ2) is 10.1. The van der Waals surface area contributed by atoms with Crippen LogP contribution < -0.4 is 15.5 Å². The smallest absolute Gasteiger partial charge is 0.234 e. The molecule has 33 heavy (non-hydrogen) atoms. The zero-order valence-electron chi connectivity index (χ0n) is 20.1. The first-order valence-corrected chi connectivity index (χ1v) is 12.6. The molecule has 0 spiro atoms. The predicted molar refractivity (Wildman–Crippen MR) is 136 cm³/mol. The van der Waals surface area contributed by atoms with Crippen LogP contribution in [0.4, 0.5) is 10.9 Å². The number of anilines is 2. The topological polar surface area (TPSA) is 77.8 Å². The van der Waals surface area contributed by atoms with Gasteiger partial charge in [0.25, 0.3) is 0 Å². The molecule has 1 saturated heterocycles. The number of unbranched alkanes of at least 4 members (excludes halogenated alkanes) is 1. The maximum Gasteiger partial charge on any atom is 0.234 e. The van der Waals surface area contributed by atoms with E-state index in [9.17, 15) is 4.79 Å². The largest absolute Gasteiger partial charge is 0.364 e. The average Bonchev–Trinajstić information content (AvgIpc) is 3.33. The lowest BCUT2D eigenvalue weighted by Gasteiger charge is -2.33. The van der Waals surface area contributed by atoms with Crippen LogP contribution >= 0.6 is 11.3 Å². The first kappa shape index (κ1) is 23.5. The van der Waals surface area contributed by atoms with Gasteiger partial charge in [0, 0.05) is 43.8 Å². The highest BCUT2D eigenvalue weighted by molar-refractivity contribution is 7.20. The van der Waals surface area contributed by atoms with E-state index in [1.54, 1.807) is 11.3 Å². The summed E-state index contributed by atoms with van der Waals surface area (Å²) < 4.78 is 1.95. The van der Waals surface area contributed by atoms with E-state index in [1.807, 2.05) is 22.7 Å². The van der Waals surface area contributed by atoms with Gasteiger partial charge in [-0.05, 0) is 27.2 Å². The van der Waals surface area contributed by atoms with Gasteiger partial charge < -0.3 is 15.5 Å². The van der Waals surface area contributed by atoms with Gasteiger partial charge in [0.15, 0.2) is 5.82 Å². The third-order valence-electron chi connectivity index (χ3n) is 5.60. The zero-order chi connectivity index (χ0) is 23.4. The number of nitrogens with one attached hydrogen (secondary N) is 2. The van der Waals surface area contributed by atoms with Crippen molar-refractivity contribution in [2.75, 3.05) is 49.5 Å². The number of hydrogen-bond donors (Lipinski definition) is 2. The molecule has 9 heteroatoms. The Bertz CT molecular complexity index is 1060. The minimum atomic E-state index is -0.118. The van der Waals surface area contributed by atoms with Crippen LogP contribution in [0.25, 0.3) is 16.2 Å². The molecule has 4 rings (SSSR count). The number of piperazine rings is 1. The second-order valence-electron chi connectivity index (χ2n) is 9.60. The number of carbonyl (C=O) groups is 1. The van der Waals surface area contributed by atoms with Crippen LogP contribution in [0.1, 0.15) is 40.5 Å². The highest BCUT2D eigenvalue weighted by Gasteiger charge is 2.25. The molecular formula is C24H35N7OS. The van der Waals surface area contributed by atoms with E-state index in [2.05, 4.69) is 60.3 Å². The maximum absolute atomic E-state index is 12.1. The number of imidazole rings is 1. The minimum absolute atomic E-state index is 0.118. The summed E-state index contributed by atoms with van der Waals surface area (Å²) >= 11 is 1.62. The number of nitrogens with zero attached hydrogens (tertiary/aromatic N) is 5. The minimum Gasteiger partial charge on any atom is -0.364 e. The van der Waals surface area contributed by atoms with Crippen LogP contribution in [0.15, 0.2) is 30.3 Å². The van der Waals surface area contributed by atoms with Crippen molar-refractivity contribution < 1.29 is 4.79 Å². The van der Waals surface area contributed by atoms with Crippen molar-refractivity contribution in [1.29, 1.82) is 0 Å². The predicted octanol–water partition coefficient (Wildman–Crippen LogP) is 3.71. The molecule has 178 valence electrons. The molecule has 0 unspecified atom stereocenters. The van der Waals surface area contributed by atoms with Gasteiger partial charge in [0.1, 0.15) is 5.69 Å². The van der Waals surface area contributed by atoms with Crippen molar-refractivity contribution in [3.63, 3.8) is 0 Å². The van der Waals surface area contributed by atoms with E-state index in [0.29, 0.717) is 6.54 Å². The lowest BCUT2D eigenvalue weighted by atomic mass is 10.1. The zero-order valence-corrected chi connectivity index (χ0v) is 20.9. The first-order valence-electron chi connectivity index (χ1n) is 11.8. The first-order chi connectivity index (χ1) is 15.8. The molecule has 0 bridgehead atoms. The summed E-state index contributed by atoms with van der Waals surface area (Å²) in [5, 5.41) is 12.5. The van der Waals surface area contributed by atoms with Gasteiger partial charge in [0.2, 0.25) is 16.0 Å². The van der Waals surface area contributed by atoms with Crippen LogP contribution in [0, 0.1) is 0 Å². The standard InChI is InChI=1S/C24H35N7OS/c1-5-6-12-25-19(32)17-29-13-15-30(16-14-29)23-28-31-21(27-24(2,3)4)20(26-22(31)33-23)18-10-8-7-9-11-18/h7-11,27H,5-6,12-17H2,1-4H3,(H,25,32). The number of carbonyl (C=O) groups excluding carboxylic acids is 1. The van der Waals surface area contributed by atoms with E-state index in [1.165, 1.54) is 0 Å². The summed E-state index contributed by atoms with van der Waals surface area (Å²) in [6, 6.07) is 10.2. The number of amides is 1. The molecule has 1 aromatic carbocycles.